The molecule has 3 aromatic rings. The van der Waals surface area contributed by atoms with Crippen LogP contribution in [0.1, 0.15) is 18.1 Å². The van der Waals surface area contributed by atoms with E-state index in [1.807, 2.05) is 73.7 Å². The van der Waals surface area contributed by atoms with Crippen molar-refractivity contribution in [3.8, 4) is 5.75 Å². The Balaban J connectivity index is 1.46. The number of carbonyl (C=O) groups excluding carboxylic acids is 2. The van der Waals surface area contributed by atoms with Crippen LogP contribution in [0.3, 0.4) is 0 Å². The van der Waals surface area contributed by atoms with Crippen LogP contribution in [0, 0.1) is 6.92 Å². The zero-order chi connectivity index (χ0) is 21.3. The maximum atomic E-state index is 13.1. The van der Waals surface area contributed by atoms with Gasteiger partial charge in [0.05, 0.1) is 6.54 Å². The highest BCUT2D eigenvalue weighted by Gasteiger charge is 2.49. The monoisotopic (exact) mass is 404 g/mol. The first-order valence-electron chi connectivity index (χ1n) is 9.88. The SMILES string of the molecule is Cc1ccc(OCC(O)CN2C(=O)NC(C)(c3ccc4ccccc4c3)C2=O)cc1. The summed E-state index contributed by atoms with van der Waals surface area (Å²) in [5.41, 5.74) is 0.626. The number of urea groups is 1. The molecule has 1 aliphatic rings. The third-order valence-corrected chi connectivity index (χ3v) is 5.46. The van der Waals surface area contributed by atoms with Crippen LogP contribution in [0.25, 0.3) is 10.8 Å². The Morgan fingerprint density at radius 2 is 1.73 bits per heavy atom. The van der Waals surface area contributed by atoms with Gasteiger partial charge in [-0.25, -0.2) is 4.79 Å². The number of aryl methyl sites for hydroxylation is 1. The molecule has 2 N–H and O–H groups in total. The van der Waals surface area contributed by atoms with Gasteiger partial charge in [0.1, 0.15) is 24.0 Å². The van der Waals surface area contributed by atoms with Crippen LogP contribution in [0.5, 0.6) is 5.75 Å². The second-order valence-corrected chi connectivity index (χ2v) is 7.81. The highest BCUT2D eigenvalue weighted by molar-refractivity contribution is 6.07. The standard InChI is InChI=1S/C24H24N2O4/c1-16-7-11-21(12-8-16)30-15-20(27)14-26-22(28)24(2,25-23(26)29)19-10-9-17-5-3-4-6-18(17)13-19/h3-13,20,27H,14-15H2,1-2H3,(H,25,29). The topological polar surface area (TPSA) is 78.9 Å². The van der Waals surface area contributed by atoms with Gasteiger partial charge in [-0.1, -0.05) is 54.1 Å². The normalized spacial score (nSPS) is 19.8. The molecular weight excluding hydrogens is 380 g/mol. The fraction of sp³-hybridized carbons (Fsp3) is 0.250. The van der Waals surface area contributed by atoms with Crippen molar-refractivity contribution in [2.24, 2.45) is 0 Å². The number of amides is 3. The molecule has 3 aromatic carbocycles. The van der Waals surface area contributed by atoms with Crippen LogP contribution in [-0.4, -0.2) is 41.2 Å². The summed E-state index contributed by atoms with van der Waals surface area (Å²) in [4.78, 5) is 26.7. The van der Waals surface area contributed by atoms with Crippen molar-refractivity contribution >= 4 is 22.7 Å². The molecule has 154 valence electrons. The first kappa shape index (κ1) is 19.9. The van der Waals surface area contributed by atoms with Crippen molar-refractivity contribution in [2.75, 3.05) is 13.2 Å². The first-order chi connectivity index (χ1) is 14.4. The minimum Gasteiger partial charge on any atom is -0.491 e. The number of aliphatic hydroxyl groups is 1. The number of hydrogen-bond donors (Lipinski definition) is 2. The van der Waals surface area contributed by atoms with Crippen LogP contribution < -0.4 is 10.1 Å². The summed E-state index contributed by atoms with van der Waals surface area (Å²) in [7, 11) is 0. The molecule has 0 aliphatic carbocycles. The molecule has 2 atom stereocenters. The number of nitrogens with one attached hydrogen (secondary N) is 1. The van der Waals surface area contributed by atoms with E-state index < -0.39 is 23.6 Å². The number of imide groups is 1. The van der Waals surface area contributed by atoms with E-state index in [2.05, 4.69) is 5.32 Å². The second kappa shape index (κ2) is 7.80. The van der Waals surface area contributed by atoms with E-state index in [4.69, 9.17) is 4.74 Å². The fourth-order valence-corrected chi connectivity index (χ4v) is 3.65. The Labute approximate surface area is 175 Å². The minimum atomic E-state index is -1.18. The Hall–Kier alpha value is -3.38. The van der Waals surface area contributed by atoms with Crippen LogP contribution >= 0.6 is 0 Å². The van der Waals surface area contributed by atoms with Gasteiger partial charge < -0.3 is 15.2 Å². The van der Waals surface area contributed by atoms with E-state index in [1.165, 1.54) is 0 Å². The molecule has 0 saturated carbocycles. The van der Waals surface area contributed by atoms with Crippen LogP contribution in [0.2, 0.25) is 0 Å². The largest absolute Gasteiger partial charge is 0.491 e. The molecule has 0 bridgehead atoms. The average Bonchev–Trinajstić information content (AvgIpc) is 2.97. The maximum Gasteiger partial charge on any atom is 0.325 e. The quantitative estimate of drug-likeness (QED) is 0.618. The molecule has 0 spiro atoms. The number of benzene rings is 3. The van der Waals surface area contributed by atoms with Gasteiger partial charge in [0, 0.05) is 0 Å². The highest BCUT2D eigenvalue weighted by Crippen LogP contribution is 2.31. The number of aliphatic hydroxyl groups excluding tert-OH is 1. The molecule has 0 radical (unpaired) electrons. The molecule has 4 rings (SSSR count). The lowest BCUT2D eigenvalue weighted by Crippen LogP contribution is -2.42. The molecule has 3 amide bonds. The predicted molar refractivity (Wildman–Crippen MR) is 114 cm³/mol. The summed E-state index contributed by atoms with van der Waals surface area (Å²) >= 11 is 0. The lowest BCUT2D eigenvalue weighted by molar-refractivity contribution is -0.132. The van der Waals surface area contributed by atoms with Crippen molar-refractivity contribution in [3.63, 3.8) is 0 Å². The van der Waals surface area contributed by atoms with Gasteiger partial charge in [0.2, 0.25) is 0 Å². The molecule has 0 aromatic heterocycles. The van der Waals surface area contributed by atoms with Gasteiger partial charge >= 0.3 is 6.03 Å². The van der Waals surface area contributed by atoms with Gasteiger partial charge in [0.15, 0.2) is 0 Å². The van der Waals surface area contributed by atoms with Crippen molar-refractivity contribution in [3.05, 3.63) is 77.9 Å². The van der Waals surface area contributed by atoms with Gasteiger partial charge in [0.25, 0.3) is 5.91 Å². The smallest absolute Gasteiger partial charge is 0.325 e. The third-order valence-electron chi connectivity index (χ3n) is 5.46. The third kappa shape index (κ3) is 3.74. The van der Waals surface area contributed by atoms with Crippen LogP contribution in [0.15, 0.2) is 66.7 Å². The number of β-amino-alcohol motifs (C(OH)–C–C–N with tert-alkyl or cyclic N) is 1. The van der Waals surface area contributed by atoms with E-state index in [0.29, 0.717) is 11.3 Å². The predicted octanol–water partition coefficient (Wildman–Crippen LogP) is 3.36. The zero-order valence-corrected chi connectivity index (χ0v) is 17.0. The van der Waals surface area contributed by atoms with E-state index in [9.17, 15) is 14.7 Å². The zero-order valence-electron chi connectivity index (χ0n) is 17.0. The van der Waals surface area contributed by atoms with Crippen molar-refractivity contribution in [1.29, 1.82) is 0 Å². The minimum absolute atomic E-state index is 0.0210. The van der Waals surface area contributed by atoms with Crippen molar-refractivity contribution in [1.82, 2.24) is 10.2 Å². The molecule has 6 heteroatoms. The van der Waals surface area contributed by atoms with Gasteiger partial charge in [-0.05, 0) is 48.4 Å². The number of hydrogen-bond acceptors (Lipinski definition) is 4. The average molecular weight is 404 g/mol. The molecule has 1 saturated heterocycles. The van der Waals surface area contributed by atoms with Crippen LogP contribution in [-0.2, 0) is 10.3 Å². The van der Waals surface area contributed by atoms with Gasteiger partial charge in [-0.15, -0.1) is 0 Å². The summed E-state index contributed by atoms with van der Waals surface area (Å²) in [6, 6.07) is 20.5. The number of carbonyl (C=O) groups is 2. The Morgan fingerprint density at radius 1 is 1.03 bits per heavy atom. The first-order valence-corrected chi connectivity index (χ1v) is 9.88. The summed E-state index contributed by atoms with van der Waals surface area (Å²) in [5.74, 6) is 0.231. The van der Waals surface area contributed by atoms with Crippen molar-refractivity contribution in [2.45, 2.75) is 25.5 Å². The number of fused-ring (bicyclic) bond motifs is 1. The Morgan fingerprint density at radius 3 is 2.47 bits per heavy atom. The molecule has 1 aliphatic heterocycles. The Bertz CT molecular complexity index is 1100. The number of ether oxygens (including phenoxy) is 1. The summed E-state index contributed by atoms with van der Waals surface area (Å²) < 4.78 is 5.57. The van der Waals surface area contributed by atoms with Crippen molar-refractivity contribution < 1.29 is 19.4 Å². The highest BCUT2D eigenvalue weighted by atomic mass is 16.5. The van der Waals surface area contributed by atoms with E-state index >= 15 is 0 Å². The maximum absolute atomic E-state index is 13.1. The second-order valence-electron chi connectivity index (χ2n) is 7.81. The number of nitrogens with zero attached hydrogens (tertiary/aromatic N) is 1. The van der Waals surface area contributed by atoms with Gasteiger partial charge in [-0.3, -0.25) is 9.69 Å². The van der Waals surface area contributed by atoms with E-state index in [-0.39, 0.29) is 13.2 Å². The summed E-state index contributed by atoms with van der Waals surface area (Å²) in [6.45, 7) is 3.50. The van der Waals surface area contributed by atoms with Gasteiger partial charge in [-0.2, -0.15) is 0 Å². The Kier molecular flexibility index (Phi) is 5.18. The summed E-state index contributed by atoms with van der Waals surface area (Å²) in [6.07, 6.45) is -1.00. The summed E-state index contributed by atoms with van der Waals surface area (Å²) in [5, 5.41) is 15.2. The molecule has 1 fully saturated rings. The fourth-order valence-electron chi connectivity index (χ4n) is 3.65. The molecule has 2 unspecified atom stereocenters. The van der Waals surface area contributed by atoms with Crippen LogP contribution in [0.4, 0.5) is 4.79 Å². The van der Waals surface area contributed by atoms with E-state index in [0.717, 1.165) is 21.2 Å². The molecule has 30 heavy (non-hydrogen) atoms. The molecule has 1 heterocycles. The lowest BCUT2D eigenvalue weighted by Gasteiger charge is -2.23. The number of rotatable bonds is 6. The molecular formula is C24H24N2O4. The van der Waals surface area contributed by atoms with E-state index in [1.54, 1.807) is 6.92 Å². The molecule has 6 nitrogen and oxygen atoms in total. The lowest BCUT2D eigenvalue weighted by atomic mass is 9.90.